The van der Waals surface area contributed by atoms with E-state index in [1.807, 2.05) is 24.3 Å². The minimum absolute atomic E-state index is 0.377. The van der Waals surface area contributed by atoms with Crippen LogP contribution in [-0.4, -0.2) is 13.1 Å². The SMILES string of the molecule is Fc1cccc(CN2CCCNc3ccccc32)c1F. The molecule has 0 saturated carbocycles. The summed E-state index contributed by atoms with van der Waals surface area (Å²) in [6, 6.07) is 12.3. The van der Waals surface area contributed by atoms with Crippen LogP contribution in [0.2, 0.25) is 0 Å². The molecule has 4 heteroatoms. The molecule has 0 bridgehead atoms. The van der Waals surface area contributed by atoms with Crippen LogP contribution in [-0.2, 0) is 6.54 Å². The molecule has 1 aliphatic heterocycles. The average Bonchev–Trinajstić information content (AvgIpc) is 2.67. The highest BCUT2D eigenvalue weighted by Gasteiger charge is 2.17. The van der Waals surface area contributed by atoms with Crippen LogP contribution in [0.25, 0.3) is 0 Å². The van der Waals surface area contributed by atoms with Crippen molar-refractivity contribution in [2.75, 3.05) is 23.3 Å². The largest absolute Gasteiger partial charge is 0.383 e. The lowest BCUT2D eigenvalue weighted by Crippen LogP contribution is -2.24. The molecule has 2 nitrogen and oxygen atoms in total. The molecule has 0 aromatic heterocycles. The number of fused-ring (bicyclic) bond motifs is 1. The van der Waals surface area contributed by atoms with Crippen molar-refractivity contribution in [3.05, 3.63) is 59.7 Å². The summed E-state index contributed by atoms with van der Waals surface area (Å²) in [5, 5.41) is 3.36. The fourth-order valence-electron chi connectivity index (χ4n) is 2.55. The maximum atomic E-state index is 13.8. The van der Waals surface area contributed by atoms with Crippen molar-refractivity contribution in [1.82, 2.24) is 0 Å². The summed E-state index contributed by atoms with van der Waals surface area (Å²) in [4.78, 5) is 2.09. The lowest BCUT2D eigenvalue weighted by molar-refractivity contribution is 0.497. The predicted octanol–water partition coefficient (Wildman–Crippen LogP) is 3.79. The molecule has 0 atom stereocenters. The van der Waals surface area contributed by atoms with Gasteiger partial charge in [0.25, 0.3) is 0 Å². The van der Waals surface area contributed by atoms with Crippen LogP contribution in [0.4, 0.5) is 20.2 Å². The van der Waals surface area contributed by atoms with Crippen molar-refractivity contribution in [3.8, 4) is 0 Å². The van der Waals surface area contributed by atoms with Gasteiger partial charge < -0.3 is 10.2 Å². The second-order valence-corrected chi connectivity index (χ2v) is 4.93. The van der Waals surface area contributed by atoms with Gasteiger partial charge in [-0.05, 0) is 24.6 Å². The summed E-state index contributed by atoms with van der Waals surface area (Å²) in [5.41, 5.74) is 2.47. The lowest BCUT2D eigenvalue weighted by atomic mass is 10.1. The quantitative estimate of drug-likeness (QED) is 0.896. The number of anilines is 2. The molecule has 0 unspecified atom stereocenters. The lowest BCUT2D eigenvalue weighted by Gasteiger charge is -2.24. The number of hydrogen-bond acceptors (Lipinski definition) is 2. The Balaban J connectivity index is 1.92. The van der Waals surface area contributed by atoms with Gasteiger partial charge in [0.1, 0.15) is 0 Å². The van der Waals surface area contributed by atoms with Gasteiger partial charge in [-0.1, -0.05) is 24.3 Å². The maximum Gasteiger partial charge on any atom is 0.163 e. The van der Waals surface area contributed by atoms with Crippen LogP contribution in [0.5, 0.6) is 0 Å². The Kier molecular flexibility index (Phi) is 3.54. The zero-order valence-corrected chi connectivity index (χ0v) is 11.1. The minimum atomic E-state index is -0.788. The fourth-order valence-corrected chi connectivity index (χ4v) is 2.55. The van der Waals surface area contributed by atoms with Gasteiger partial charge in [0.15, 0.2) is 11.6 Å². The third-order valence-electron chi connectivity index (χ3n) is 3.56. The van der Waals surface area contributed by atoms with E-state index in [1.165, 1.54) is 0 Å². The number of para-hydroxylation sites is 2. The van der Waals surface area contributed by atoms with Crippen molar-refractivity contribution in [1.29, 1.82) is 0 Å². The van der Waals surface area contributed by atoms with Crippen molar-refractivity contribution in [2.45, 2.75) is 13.0 Å². The Hall–Kier alpha value is -2.10. The van der Waals surface area contributed by atoms with Gasteiger partial charge in [-0.15, -0.1) is 0 Å². The monoisotopic (exact) mass is 274 g/mol. The zero-order valence-electron chi connectivity index (χ0n) is 11.1. The summed E-state index contributed by atoms with van der Waals surface area (Å²) in [6.45, 7) is 2.08. The van der Waals surface area contributed by atoms with E-state index in [0.717, 1.165) is 37.0 Å². The van der Waals surface area contributed by atoms with Crippen molar-refractivity contribution >= 4 is 11.4 Å². The first kappa shape index (κ1) is 12.9. The van der Waals surface area contributed by atoms with E-state index in [2.05, 4.69) is 10.2 Å². The van der Waals surface area contributed by atoms with E-state index in [4.69, 9.17) is 0 Å². The summed E-state index contributed by atoms with van der Waals surface area (Å²) in [6.07, 6.45) is 0.964. The topological polar surface area (TPSA) is 15.3 Å². The molecule has 104 valence electrons. The highest BCUT2D eigenvalue weighted by Crippen LogP contribution is 2.29. The zero-order chi connectivity index (χ0) is 13.9. The molecule has 2 aromatic carbocycles. The first-order valence-electron chi connectivity index (χ1n) is 6.76. The second kappa shape index (κ2) is 5.49. The summed E-state index contributed by atoms with van der Waals surface area (Å²) >= 11 is 0. The molecule has 3 rings (SSSR count). The number of rotatable bonds is 2. The molecule has 0 aliphatic carbocycles. The molecule has 2 aromatic rings. The molecular weight excluding hydrogens is 258 g/mol. The van der Waals surface area contributed by atoms with Gasteiger partial charge in [0.2, 0.25) is 0 Å². The van der Waals surface area contributed by atoms with E-state index in [1.54, 1.807) is 12.1 Å². The van der Waals surface area contributed by atoms with Crippen LogP contribution in [0.15, 0.2) is 42.5 Å². The molecular formula is C16H16F2N2. The highest BCUT2D eigenvalue weighted by atomic mass is 19.2. The Morgan fingerprint density at radius 2 is 1.90 bits per heavy atom. The van der Waals surface area contributed by atoms with Crippen molar-refractivity contribution in [2.24, 2.45) is 0 Å². The van der Waals surface area contributed by atoms with Crippen molar-refractivity contribution < 1.29 is 8.78 Å². The Labute approximate surface area is 117 Å². The van der Waals surface area contributed by atoms with Gasteiger partial charge in [0.05, 0.1) is 11.4 Å². The molecule has 0 spiro atoms. The first-order chi connectivity index (χ1) is 9.75. The molecule has 1 aliphatic rings. The minimum Gasteiger partial charge on any atom is -0.383 e. The summed E-state index contributed by atoms with van der Waals surface area (Å²) in [5.74, 6) is -1.54. The smallest absolute Gasteiger partial charge is 0.163 e. The van der Waals surface area contributed by atoms with Crippen LogP contribution in [0.1, 0.15) is 12.0 Å². The van der Waals surface area contributed by atoms with E-state index in [9.17, 15) is 8.78 Å². The van der Waals surface area contributed by atoms with E-state index in [-0.39, 0.29) is 0 Å². The van der Waals surface area contributed by atoms with E-state index >= 15 is 0 Å². The Bertz CT molecular complexity index is 613. The van der Waals surface area contributed by atoms with Gasteiger partial charge in [-0.25, -0.2) is 8.78 Å². The van der Waals surface area contributed by atoms with E-state index < -0.39 is 11.6 Å². The van der Waals surface area contributed by atoms with E-state index in [0.29, 0.717) is 12.1 Å². The standard InChI is InChI=1S/C16H16F2N2/c17-13-6-3-5-12(16(13)18)11-20-10-4-9-19-14-7-1-2-8-15(14)20/h1-3,5-8,19H,4,9-11H2. The van der Waals surface area contributed by atoms with Gasteiger partial charge >= 0.3 is 0 Å². The number of benzene rings is 2. The highest BCUT2D eigenvalue weighted by molar-refractivity contribution is 5.70. The van der Waals surface area contributed by atoms with Crippen LogP contribution in [0.3, 0.4) is 0 Å². The van der Waals surface area contributed by atoms with Gasteiger partial charge in [0, 0.05) is 25.2 Å². The predicted molar refractivity (Wildman–Crippen MR) is 77.0 cm³/mol. The Morgan fingerprint density at radius 1 is 1.05 bits per heavy atom. The van der Waals surface area contributed by atoms with Crippen LogP contribution < -0.4 is 10.2 Å². The molecule has 0 fully saturated rings. The number of nitrogens with zero attached hydrogens (tertiary/aromatic N) is 1. The van der Waals surface area contributed by atoms with Crippen LogP contribution in [0, 0.1) is 11.6 Å². The third kappa shape index (κ3) is 2.46. The summed E-state index contributed by atoms with van der Waals surface area (Å²) in [7, 11) is 0. The fraction of sp³-hybridized carbons (Fsp3) is 0.250. The molecule has 0 amide bonds. The number of hydrogen-bond donors (Lipinski definition) is 1. The molecule has 1 heterocycles. The average molecular weight is 274 g/mol. The summed E-state index contributed by atoms with van der Waals surface area (Å²) < 4.78 is 27.1. The van der Waals surface area contributed by atoms with Gasteiger partial charge in [-0.2, -0.15) is 0 Å². The first-order valence-corrected chi connectivity index (χ1v) is 6.76. The second-order valence-electron chi connectivity index (χ2n) is 4.93. The Morgan fingerprint density at radius 3 is 2.80 bits per heavy atom. The molecule has 1 N–H and O–H groups in total. The normalized spacial score (nSPS) is 14.4. The molecule has 20 heavy (non-hydrogen) atoms. The maximum absolute atomic E-state index is 13.8. The van der Waals surface area contributed by atoms with Crippen LogP contribution >= 0.6 is 0 Å². The number of halogens is 2. The third-order valence-corrected chi connectivity index (χ3v) is 3.56. The molecule has 0 radical (unpaired) electrons. The van der Waals surface area contributed by atoms with Gasteiger partial charge in [-0.3, -0.25) is 0 Å². The molecule has 0 saturated heterocycles. The number of nitrogens with one attached hydrogen (secondary N) is 1. The van der Waals surface area contributed by atoms with Crippen molar-refractivity contribution in [3.63, 3.8) is 0 Å².